The quantitative estimate of drug-likeness (QED) is 0.353. The SMILES string of the molecule is NCCCC1(c2ccccc2)SC(c2cc(F)ccc2F)=NN1c1nc2c(F)cccc2s1. The van der Waals surface area contributed by atoms with E-state index in [0.717, 1.165) is 23.8 Å². The Hall–Kier alpha value is -2.88. The molecule has 9 heteroatoms. The van der Waals surface area contributed by atoms with Gasteiger partial charge in [0.25, 0.3) is 0 Å². The molecule has 0 bridgehead atoms. The van der Waals surface area contributed by atoms with Crippen molar-refractivity contribution in [2.24, 2.45) is 10.8 Å². The Kier molecular flexibility index (Phi) is 5.86. The molecule has 0 radical (unpaired) electrons. The van der Waals surface area contributed by atoms with Gasteiger partial charge in [-0.3, -0.25) is 0 Å². The minimum Gasteiger partial charge on any atom is -0.330 e. The van der Waals surface area contributed by atoms with Gasteiger partial charge in [-0.1, -0.05) is 59.5 Å². The van der Waals surface area contributed by atoms with E-state index in [0.29, 0.717) is 34.3 Å². The first kappa shape index (κ1) is 21.9. The van der Waals surface area contributed by atoms with E-state index in [-0.39, 0.29) is 11.1 Å². The Bertz CT molecular complexity index is 1340. The zero-order chi connectivity index (χ0) is 23.0. The topological polar surface area (TPSA) is 54.5 Å². The Balaban J connectivity index is 1.72. The first-order valence-electron chi connectivity index (χ1n) is 10.4. The van der Waals surface area contributed by atoms with Crippen molar-refractivity contribution < 1.29 is 13.2 Å². The normalized spacial score (nSPS) is 18.2. The average Bonchev–Trinajstić information content (AvgIpc) is 3.43. The van der Waals surface area contributed by atoms with Crippen molar-refractivity contribution in [1.29, 1.82) is 0 Å². The highest BCUT2D eigenvalue weighted by Gasteiger charge is 2.47. The van der Waals surface area contributed by atoms with Crippen LogP contribution < -0.4 is 10.7 Å². The van der Waals surface area contributed by atoms with Gasteiger partial charge in [0.1, 0.15) is 32.9 Å². The van der Waals surface area contributed by atoms with E-state index in [1.54, 1.807) is 17.1 Å². The number of nitrogens with zero attached hydrogens (tertiary/aromatic N) is 3. The van der Waals surface area contributed by atoms with Crippen LogP contribution in [0.4, 0.5) is 18.3 Å². The van der Waals surface area contributed by atoms with Gasteiger partial charge in [-0.25, -0.2) is 23.2 Å². The van der Waals surface area contributed by atoms with E-state index in [2.05, 4.69) is 4.98 Å². The second kappa shape index (κ2) is 8.81. The van der Waals surface area contributed by atoms with E-state index in [4.69, 9.17) is 10.8 Å². The zero-order valence-electron chi connectivity index (χ0n) is 17.3. The number of hydrazone groups is 1. The fourth-order valence-corrected chi connectivity index (χ4v) is 6.36. The average molecular weight is 485 g/mol. The summed E-state index contributed by atoms with van der Waals surface area (Å²) in [7, 11) is 0. The highest BCUT2D eigenvalue weighted by Crippen LogP contribution is 2.53. The smallest absolute Gasteiger partial charge is 0.208 e. The molecule has 5 rings (SSSR count). The van der Waals surface area contributed by atoms with Crippen LogP contribution in [0, 0.1) is 17.5 Å². The third-order valence-corrected chi connectivity index (χ3v) is 7.88. The first-order chi connectivity index (χ1) is 16.0. The standard InChI is InChI=1S/C24H19F3N4S2/c25-16-10-11-18(26)17(14-16)22-30-31(23-29-21-19(27)8-4-9-20(21)32-23)24(33-22,12-5-13-28)15-6-2-1-3-7-15/h1-4,6-11,14H,5,12-13,28H2. The third-order valence-electron chi connectivity index (χ3n) is 5.44. The van der Waals surface area contributed by atoms with E-state index in [1.165, 1.54) is 29.2 Å². The van der Waals surface area contributed by atoms with Gasteiger partial charge in [-0.05, 0) is 55.3 Å². The van der Waals surface area contributed by atoms with Crippen molar-refractivity contribution in [3.05, 3.63) is 95.3 Å². The predicted octanol–water partition coefficient (Wildman–Crippen LogP) is 6.22. The molecule has 0 amide bonds. The molecule has 1 atom stereocenters. The van der Waals surface area contributed by atoms with Gasteiger partial charge in [0, 0.05) is 5.56 Å². The van der Waals surface area contributed by atoms with Crippen LogP contribution in [-0.4, -0.2) is 16.6 Å². The molecule has 0 saturated carbocycles. The van der Waals surface area contributed by atoms with Gasteiger partial charge in [-0.2, -0.15) is 5.10 Å². The first-order valence-corrected chi connectivity index (χ1v) is 12.0. The number of hydrogen-bond acceptors (Lipinski definition) is 6. The molecule has 168 valence electrons. The van der Waals surface area contributed by atoms with E-state index in [9.17, 15) is 13.2 Å². The molecular formula is C24H19F3N4S2. The summed E-state index contributed by atoms with van der Waals surface area (Å²) < 4.78 is 43.8. The van der Waals surface area contributed by atoms with Crippen LogP contribution in [0.25, 0.3) is 10.2 Å². The van der Waals surface area contributed by atoms with Crippen LogP contribution in [0.5, 0.6) is 0 Å². The summed E-state index contributed by atoms with van der Waals surface area (Å²) >= 11 is 2.63. The predicted molar refractivity (Wildman–Crippen MR) is 129 cm³/mol. The Morgan fingerprint density at radius 1 is 0.939 bits per heavy atom. The highest BCUT2D eigenvalue weighted by atomic mass is 32.2. The lowest BCUT2D eigenvalue weighted by atomic mass is 10.0. The molecule has 2 N–H and O–H groups in total. The molecule has 0 aliphatic carbocycles. The van der Waals surface area contributed by atoms with Gasteiger partial charge in [0.2, 0.25) is 5.13 Å². The maximum atomic E-state index is 14.7. The Labute approximate surface area is 196 Å². The highest BCUT2D eigenvalue weighted by molar-refractivity contribution is 8.15. The number of nitrogens with two attached hydrogens (primary N) is 1. The van der Waals surface area contributed by atoms with Crippen molar-refractivity contribution in [2.45, 2.75) is 17.7 Å². The lowest BCUT2D eigenvalue weighted by Crippen LogP contribution is -2.38. The minimum absolute atomic E-state index is 0.0721. The fourth-order valence-electron chi connectivity index (χ4n) is 3.88. The number of thiazole rings is 1. The number of para-hydroxylation sites is 1. The van der Waals surface area contributed by atoms with Crippen molar-refractivity contribution in [3.63, 3.8) is 0 Å². The Morgan fingerprint density at radius 2 is 1.76 bits per heavy atom. The summed E-state index contributed by atoms with van der Waals surface area (Å²) in [5.74, 6) is -1.54. The largest absolute Gasteiger partial charge is 0.330 e. The van der Waals surface area contributed by atoms with Crippen LogP contribution in [0.2, 0.25) is 0 Å². The lowest BCUT2D eigenvalue weighted by Gasteiger charge is -2.35. The molecule has 0 spiro atoms. The monoisotopic (exact) mass is 484 g/mol. The van der Waals surface area contributed by atoms with Gasteiger partial charge < -0.3 is 5.73 Å². The summed E-state index contributed by atoms with van der Waals surface area (Å²) in [4.78, 5) is 3.73. The maximum absolute atomic E-state index is 14.7. The van der Waals surface area contributed by atoms with Gasteiger partial charge in [0.05, 0.1) is 4.70 Å². The molecule has 2 heterocycles. The number of hydrogen-bond donors (Lipinski definition) is 1. The number of benzene rings is 3. The molecule has 1 aliphatic heterocycles. The number of halogens is 3. The van der Waals surface area contributed by atoms with Gasteiger partial charge in [0.15, 0.2) is 0 Å². The molecule has 4 aromatic rings. The number of fused-ring (bicyclic) bond motifs is 1. The van der Waals surface area contributed by atoms with Crippen LogP contribution in [0.15, 0.2) is 71.8 Å². The number of aromatic nitrogens is 1. The molecule has 0 saturated heterocycles. The lowest BCUT2D eigenvalue weighted by molar-refractivity contribution is 0.526. The Morgan fingerprint density at radius 3 is 2.52 bits per heavy atom. The third kappa shape index (κ3) is 3.90. The van der Waals surface area contributed by atoms with Crippen molar-refractivity contribution in [2.75, 3.05) is 11.6 Å². The molecule has 33 heavy (non-hydrogen) atoms. The maximum Gasteiger partial charge on any atom is 0.208 e. The number of thioether (sulfide) groups is 1. The molecule has 4 nitrogen and oxygen atoms in total. The summed E-state index contributed by atoms with van der Waals surface area (Å²) in [6.07, 6.45) is 1.23. The molecule has 0 fully saturated rings. The van der Waals surface area contributed by atoms with E-state index < -0.39 is 22.3 Å². The second-order valence-corrected chi connectivity index (χ2v) is 9.84. The van der Waals surface area contributed by atoms with Gasteiger partial charge >= 0.3 is 0 Å². The van der Waals surface area contributed by atoms with Crippen LogP contribution >= 0.6 is 23.1 Å². The molecular weight excluding hydrogens is 465 g/mol. The molecule has 1 unspecified atom stereocenters. The summed E-state index contributed by atoms with van der Waals surface area (Å²) in [6, 6.07) is 17.8. The molecule has 3 aromatic carbocycles. The summed E-state index contributed by atoms with van der Waals surface area (Å²) in [6.45, 7) is 0.446. The van der Waals surface area contributed by atoms with Crippen molar-refractivity contribution >= 4 is 43.5 Å². The van der Waals surface area contributed by atoms with Crippen LogP contribution in [0.3, 0.4) is 0 Å². The van der Waals surface area contributed by atoms with Gasteiger partial charge in [-0.15, -0.1) is 0 Å². The summed E-state index contributed by atoms with van der Waals surface area (Å²) in [5.41, 5.74) is 7.10. The van der Waals surface area contributed by atoms with Crippen LogP contribution in [-0.2, 0) is 4.87 Å². The zero-order valence-corrected chi connectivity index (χ0v) is 19.0. The van der Waals surface area contributed by atoms with Crippen molar-refractivity contribution in [3.8, 4) is 0 Å². The fraction of sp³-hybridized carbons (Fsp3) is 0.167. The molecule has 1 aliphatic rings. The van der Waals surface area contributed by atoms with Crippen molar-refractivity contribution in [1.82, 2.24) is 4.98 Å². The van der Waals surface area contributed by atoms with E-state index >= 15 is 0 Å². The molecule has 1 aromatic heterocycles. The number of anilines is 1. The van der Waals surface area contributed by atoms with E-state index in [1.807, 2.05) is 30.3 Å². The number of rotatable bonds is 6. The second-order valence-electron chi connectivity index (χ2n) is 7.57. The van der Waals surface area contributed by atoms with Crippen LogP contribution in [0.1, 0.15) is 24.0 Å². The summed E-state index contributed by atoms with van der Waals surface area (Å²) in [5, 5.41) is 7.24. The minimum atomic E-state index is -0.806.